The molecular weight excluding hydrogens is 370 g/mol. The van der Waals surface area contributed by atoms with Crippen molar-refractivity contribution in [3.05, 3.63) is 53.6 Å². The van der Waals surface area contributed by atoms with E-state index in [1.807, 2.05) is 57.2 Å². The summed E-state index contributed by atoms with van der Waals surface area (Å²) in [5.41, 5.74) is 2.37. The minimum Gasteiger partial charge on any atom is -0.493 e. The average molecular weight is 399 g/mol. The Morgan fingerprint density at radius 2 is 1.55 bits per heavy atom. The standard InChI is InChI=1S/C23H29NO5/c1-23(2,3)29-21(25)12-11-16-7-9-17(10-8-16)15-24-18-13-19(26-4)22(28-6)20(14-18)27-5/h7-14,24H,15H2,1-6H3/b12-11+. The second-order valence-corrected chi connectivity index (χ2v) is 7.38. The van der Waals surface area contributed by atoms with Gasteiger partial charge in [0.05, 0.1) is 21.3 Å². The van der Waals surface area contributed by atoms with Crippen LogP contribution in [0.1, 0.15) is 31.9 Å². The van der Waals surface area contributed by atoms with Gasteiger partial charge < -0.3 is 24.3 Å². The molecule has 2 aromatic rings. The molecule has 0 aromatic heterocycles. The quantitative estimate of drug-likeness (QED) is 0.514. The molecule has 0 radical (unpaired) electrons. The number of esters is 1. The van der Waals surface area contributed by atoms with Gasteiger partial charge in [-0.05, 0) is 38.0 Å². The lowest BCUT2D eigenvalue weighted by Gasteiger charge is -2.17. The number of anilines is 1. The molecule has 0 unspecified atom stereocenters. The Morgan fingerprint density at radius 1 is 0.966 bits per heavy atom. The monoisotopic (exact) mass is 399 g/mol. The van der Waals surface area contributed by atoms with Crippen LogP contribution in [-0.4, -0.2) is 32.9 Å². The predicted molar refractivity (Wildman–Crippen MR) is 115 cm³/mol. The fourth-order valence-corrected chi connectivity index (χ4v) is 2.63. The van der Waals surface area contributed by atoms with Crippen LogP contribution in [0.3, 0.4) is 0 Å². The van der Waals surface area contributed by atoms with E-state index in [2.05, 4.69) is 5.32 Å². The summed E-state index contributed by atoms with van der Waals surface area (Å²) in [5.74, 6) is 1.39. The van der Waals surface area contributed by atoms with E-state index < -0.39 is 5.60 Å². The van der Waals surface area contributed by atoms with Gasteiger partial charge in [-0.25, -0.2) is 4.79 Å². The van der Waals surface area contributed by atoms with Crippen LogP contribution in [0.15, 0.2) is 42.5 Å². The van der Waals surface area contributed by atoms with Crippen molar-refractivity contribution in [1.82, 2.24) is 0 Å². The topological polar surface area (TPSA) is 66.0 Å². The van der Waals surface area contributed by atoms with E-state index in [1.165, 1.54) is 6.08 Å². The van der Waals surface area contributed by atoms with E-state index >= 15 is 0 Å². The van der Waals surface area contributed by atoms with Crippen LogP contribution in [0, 0.1) is 0 Å². The first-order chi connectivity index (χ1) is 13.8. The average Bonchev–Trinajstić information content (AvgIpc) is 2.69. The smallest absolute Gasteiger partial charge is 0.331 e. The molecule has 2 rings (SSSR count). The maximum atomic E-state index is 11.8. The number of nitrogens with one attached hydrogen (secondary N) is 1. The van der Waals surface area contributed by atoms with Gasteiger partial charge in [0, 0.05) is 30.4 Å². The first-order valence-electron chi connectivity index (χ1n) is 9.29. The van der Waals surface area contributed by atoms with Gasteiger partial charge in [-0.2, -0.15) is 0 Å². The highest BCUT2D eigenvalue weighted by atomic mass is 16.6. The molecule has 1 N–H and O–H groups in total. The molecule has 0 amide bonds. The Balaban J connectivity index is 2.01. The lowest BCUT2D eigenvalue weighted by molar-refractivity contribution is -0.148. The Morgan fingerprint density at radius 3 is 2.03 bits per heavy atom. The molecule has 0 bridgehead atoms. The zero-order chi connectivity index (χ0) is 21.4. The lowest BCUT2D eigenvalue weighted by atomic mass is 10.1. The second kappa shape index (κ2) is 9.87. The van der Waals surface area contributed by atoms with Gasteiger partial charge in [0.25, 0.3) is 0 Å². The molecule has 0 saturated carbocycles. The van der Waals surface area contributed by atoms with Crippen LogP contribution in [0.25, 0.3) is 6.08 Å². The zero-order valence-corrected chi connectivity index (χ0v) is 17.9. The van der Waals surface area contributed by atoms with Gasteiger partial charge in [-0.15, -0.1) is 0 Å². The third-order valence-corrected chi connectivity index (χ3v) is 3.96. The largest absolute Gasteiger partial charge is 0.493 e. The van der Waals surface area contributed by atoms with Crippen molar-refractivity contribution in [3.8, 4) is 17.2 Å². The van der Waals surface area contributed by atoms with Crippen LogP contribution in [0.2, 0.25) is 0 Å². The molecule has 0 atom stereocenters. The SMILES string of the molecule is COc1cc(NCc2ccc(/C=C/C(=O)OC(C)(C)C)cc2)cc(OC)c1OC. The van der Waals surface area contributed by atoms with Crippen molar-refractivity contribution in [1.29, 1.82) is 0 Å². The molecular formula is C23H29NO5. The number of hydrogen-bond donors (Lipinski definition) is 1. The molecule has 0 aliphatic heterocycles. The maximum absolute atomic E-state index is 11.8. The number of benzene rings is 2. The van der Waals surface area contributed by atoms with Gasteiger partial charge in [-0.1, -0.05) is 24.3 Å². The lowest BCUT2D eigenvalue weighted by Crippen LogP contribution is -2.22. The first kappa shape index (κ1) is 22.1. The molecule has 6 heteroatoms. The van der Waals surface area contributed by atoms with Crippen LogP contribution >= 0.6 is 0 Å². The minimum atomic E-state index is -0.496. The van der Waals surface area contributed by atoms with Crippen LogP contribution in [0.5, 0.6) is 17.2 Å². The summed E-state index contributed by atoms with van der Waals surface area (Å²) in [6.07, 6.45) is 3.18. The van der Waals surface area contributed by atoms with Crippen LogP contribution < -0.4 is 19.5 Å². The number of carbonyl (C=O) groups excluding carboxylic acids is 1. The number of ether oxygens (including phenoxy) is 4. The third kappa shape index (κ3) is 6.75. The van der Waals surface area contributed by atoms with E-state index in [0.717, 1.165) is 16.8 Å². The minimum absolute atomic E-state index is 0.356. The molecule has 0 heterocycles. The van der Waals surface area contributed by atoms with Crippen molar-refractivity contribution in [2.45, 2.75) is 32.9 Å². The Bertz CT molecular complexity index is 826. The highest BCUT2D eigenvalue weighted by molar-refractivity contribution is 5.87. The summed E-state index contributed by atoms with van der Waals surface area (Å²) in [7, 11) is 4.75. The summed E-state index contributed by atoms with van der Waals surface area (Å²) in [6.45, 7) is 6.15. The van der Waals surface area contributed by atoms with E-state index in [-0.39, 0.29) is 5.97 Å². The molecule has 0 spiro atoms. The number of rotatable bonds is 8. The van der Waals surface area contributed by atoms with Crippen molar-refractivity contribution >= 4 is 17.7 Å². The Kier molecular flexibility index (Phi) is 7.53. The predicted octanol–water partition coefficient (Wildman–Crippen LogP) is 4.68. The van der Waals surface area contributed by atoms with Gasteiger partial charge >= 0.3 is 5.97 Å². The molecule has 0 aliphatic carbocycles. The third-order valence-electron chi connectivity index (χ3n) is 3.96. The van der Waals surface area contributed by atoms with Crippen molar-refractivity contribution in [3.63, 3.8) is 0 Å². The summed E-state index contributed by atoms with van der Waals surface area (Å²) in [6, 6.07) is 11.6. The van der Waals surface area contributed by atoms with Crippen LogP contribution in [0.4, 0.5) is 5.69 Å². The van der Waals surface area contributed by atoms with Gasteiger partial charge in [0.2, 0.25) is 5.75 Å². The first-order valence-corrected chi connectivity index (χ1v) is 9.29. The molecule has 0 saturated heterocycles. The van der Waals surface area contributed by atoms with E-state index in [9.17, 15) is 4.79 Å². The maximum Gasteiger partial charge on any atom is 0.331 e. The van der Waals surface area contributed by atoms with E-state index in [1.54, 1.807) is 27.4 Å². The summed E-state index contributed by atoms with van der Waals surface area (Å²) >= 11 is 0. The molecule has 6 nitrogen and oxygen atoms in total. The highest BCUT2D eigenvalue weighted by Gasteiger charge is 2.14. The summed E-state index contributed by atoms with van der Waals surface area (Å²) in [4.78, 5) is 11.8. The van der Waals surface area contributed by atoms with E-state index in [0.29, 0.717) is 23.8 Å². The van der Waals surface area contributed by atoms with Crippen LogP contribution in [-0.2, 0) is 16.1 Å². The summed E-state index contributed by atoms with van der Waals surface area (Å²) < 4.78 is 21.3. The molecule has 2 aromatic carbocycles. The molecule has 0 aliphatic rings. The molecule has 156 valence electrons. The Hall–Kier alpha value is -3.15. The van der Waals surface area contributed by atoms with Gasteiger partial charge in [0.15, 0.2) is 11.5 Å². The molecule has 29 heavy (non-hydrogen) atoms. The summed E-state index contributed by atoms with van der Waals surface area (Å²) in [5, 5.41) is 3.35. The Labute approximate surface area is 172 Å². The van der Waals surface area contributed by atoms with Crippen molar-refractivity contribution < 1.29 is 23.7 Å². The number of methoxy groups -OCH3 is 3. The van der Waals surface area contributed by atoms with Crippen molar-refractivity contribution in [2.75, 3.05) is 26.6 Å². The second-order valence-electron chi connectivity index (χ2n) is 7.38. The molecule has 0 fully saturated rings. The van der Waals surface area contributed by atoms with Crippen molar-refractivity contribution in [2.24, 2.45) is 0 Å². The number of carbonyl (C=O) groups is 1. The van der Waals surface area contributed by atoms with Gasteiger partial charge in [-0.3, -0.25) is 0 Å². The normalized spacial score (nSPS) is 11.2. The van der Waals surface area contributed by atoms with E-state index in [4.69, 9.17) is 18.9 Å². The fraction of sp³-hybridized carbons (Fsp3) is 0.348. The fourth-order valence-electron chi connectivity index (χ4n) is 2.63. The zero-order valence-electron chi connectivity index (χ0n) is 17.9. The number of hydrogen-bond acceptors (Lipinski definition) is 6. The van der Waals surface area contributed by atoms with Gasteiger partial charge in [0.1, 0.15) is 5.60 Å². The highest BCUT2D eigenvalue weighted by Crippen LogP contribution is 2.40.